The second-order valence-electron chi connectivity index (χ2n) is 7.14. The number of H-pyrrole nitrogens is 1. The van der Waals surface area contributed by atoms with E-state index < -0.39 is 0 Å². The Bertz CT molecular complexity index is 999. The zero-order chi connectivity index (χ0) is 18.0. The fourth-order valence-electron chi connectivity index (χ4n) is 3.29. The Labute approximate surface area is 154 Å². The van der Waals surface area contributed by atoms with Gasteiger partial charge in [-0.2, -0.15) is 0 Å². The van der Waals surface area contributed by atoms with Crippen molar-refractivity contribution in [2.24, 2.45) is 0 Å². The van der Waals surface area contributed by atoms with Gasteiger partial charge in [0.2, 0.25) is 0 Å². The molecule has 26 heavy (non-hydrogen) atoms. The first-order valence-electron chi connectivity index (χ1n) is 8.95. The molecule has 0 unspecified atom stereocenters. The molecule has 4 aromatic rings. The van der Waals surface area contributed by atoms with Gasteiger partial charge in [0.15, 0.2) is 0 Å². The lowest BCUT2D eigenvalue weighted by Crippen LogP contribution is -2.35. The predicted molar refractivity (Wildman–Crippen MR) is 108 cm³/mol. The van der Waals surface area contributed by atoms with E-state index in [0.717, 1.165) is 17.6 Å². The van der Waals surface area contributed by atoms with Crippen molar-refractivity contribution in [2.75, 3.05) is 0 Å². The van der Waals surface area contributed by atoms with Crippen molar-refractivity contribution in [3.8, 4) is 11.1 Å². The van der Waals surface area contributed by atoms with Crippen LogP contribution in [0.15, 0.2) is 79.1 Å². The predicted octanol–water partition coefficient (Wildman–Crippen LogP) is 5.25. The van der Waals surface area contributed by atoms with Crippen LogP contribution in [0.4, 0.5) is 0 Å². The SMILES string of the molecule is CC(C)(NCc1ccc(-c2ccnc3[nH]ccc23)cc1)c1ccccc1. The molecule has 2 aromatic carbocycles. The van der Waals surface area contributed by atoms with Crippen LogP contribution in [0.2, 0.25) is 0 Å². The molecule has 0 bridgehead atoms. The Hall–Kier alpha value is -2.91. The molecule has 0 amide bonds. The van der Waals surface area contributed by atoms with Gasteiger partial charge in [-0.25, -0.2) is 4.98 Å². The third-order valence-electron chi connectivity index (χ3n) is 4.96. The molecule has 0 radical (unpaired) electrons. The van der Waals surface area contributed by atoms with E-state index in [2.05, 4.69) is 95.9 Å². The Morgan fingerprint density at radius 3 is 2.46 bits per heavy atom. The van der Waals surface area contributed by atoms with E-state index in [9.17, 15) is 0 Å². The number of hydrogen-bond acceptors (Lipinski definition) is 2. The third-order valence-corrected chi connectivity index (χ3v) is 4.96. The minimum Gasteiger partial charge on any atom is -0.346 e. The molecular weight excluding hydrogens is 318 g/mol. The summed E-state index contributed by atoms with van der Waals surface area (Å²) in [6.07, 6.45) is 3.79. The second-order valence-corrected chi connectivity index (χ2v) is 7.14. The molecule has 0 spiro atoms. The average molecular weight is 341 g/mol. The number of pyridine rings is 1. The Morgan fingerprint density at radius 2 is 1.69 bits per heavy atom. The highest BCUT2D eigenvalue weighted by atomic mass is 14.9. The summed E-state index contributed by atoms with van der Waals surface area (Å²) in [6, 6.07) is 23.5. The number of nitrogens with one attached hydrogen (secondary N) is 2. The Kier molecular flexibility index (Phi) is 4.31. The molecule has 0 aliphatic heterocycles. The first-order chi connectivity index (χ1) is 12.6. The minimum atomic E-state index is -0.0671. The fraction of sp³-hybridized carbons (Fsp3) is 0.174. The van der Waals surface area contributed by atoms with Crippen LogP contribution in [0.5, 0.6) is 0 Å². The summed E-state index contributed by atoms with van der Waals surface area (Å²) in [5.74, 6) is 0. The van der Waals surface area contributed by atoms with Crippen LogP contribution in [-0.2, 0) is 12.1 Å². The first-order valence-corrected chi connectivity index (χ1v) is 8.95. The summed E-state index contributed by atoms with van der Waals surface area (Å²) in [7, 11) is 0. The van der Waals surface area contributed by atoms with Crippen molar-refractivity contribution < 1.29 is 0 Å². The number of aromatic nitrogens is 2. The third kappa shape index (κ3) is 3.26. The molecule has 2 aromatic heterocycles. The molecule has 0 atom stereocenters. The fourth-order valence-corrected chi connectivity index (χ4v) is 3.29. The molecular formula is C23H23N3. The highest BCUT2D eigenvalue weighted by molar-refractivity contribution is 5.92. The maximum absolute atomic E-state index is 4.36. The molecule has 2 N–H and O–H groups in total. The van der Waals surface area contributed by atoms with Gasteiger partial charge in [0.05, 0.1) is 0 Å². The zero-order valence-electron chi connectivity index (χ0n) is 15.2. The molecule has 3 nitrogen and oxygen atoms in total. The Morgan fingerprint density at radius 1 is 0.923 bits per heavy atom. The van der Waals surface area contributed by atoms with Gasteiger partial charge in [-0.3, -0.25) is 0 Å². The van der Waals surface area contributed by atoms with Crippen molar-refractivity contribution in [3.05, 3.63) is 90.3 Å². The molecule has 4 rings (SSSR count). The van der Waals surface area contributed by atoms with Crippen LogP contribution in [0.1, 0.15) is 25.0 Å². The summed E-state index contributed by atoms with van der Waals surface area (Å²) >= 11 is 0. The van der Waals surface area contributed by atoms with E-state index in [0.29, 0.717) is 0 Å². The van der Waals surface area contributed by atoms with Gasteiger partial charge in [0.25, 0.3) is 0 Å². The highest BCUT2D eigenvalue weighted by Gasteiger charge is 2.18. The molecule has 0 fully saturated rings. The molecule has 3 heteroatoms. The van der Waals surface area contributed by atoms with E-state index in [1.165, 1.54) is 22.3 Å². The van der Waals surface area contributed by atoms with Gasteiger partial charge in [-0.05, 0) is 48.2 Å². The van der Waals surface area contributed by atoms with Gasteiger partial charge in [0.1, 0.15) is 5.65 Å². The van der Waals surface area contributed by atoms with Crippen LogP contribution in [0, 0.1) is 0 Å². The summed E-state index contributed by atoms with van der Waals surface area (Å²) in [6.45, 7) is 5.27. The smallest absolute Gasteiger partial charge is 0.137 e. The van der Waals surface area contributed by atoms with E-state index >= 15 is 0 Å². The summed E-state index contributed by atoms with van der Waals surface area (Å²) in [5.41, 5.74) is 5.85. The second kappa shape index (κ2) is 6.77. The zero-order valence-corrected chi connectivity index (χ0v) is 15.2. The van der Waals surface area contributed by atoms with Gasteiger partial charge in [-0.1, -0.05) is 54.6 Å². The van der Waals surface area contributed by atoms with Crippen molar-refractivity contribution in [1.29, 1.82) is 0 Å². The van der Waals surface area contributed by atoms with Gasteiger partial charge in [0, 0.05) is 29.9 Å². The quantitative estimate of drug-likeness (QED) is 0.520. The van der Waals surface area contributed by atoms with E-state index in [-0.39, 0.29) is 5.54 Å². The molecule has 0 saturated carbocycles. The Balaban J connectivity index is 1.51. The van der Waals surface area contributed by atoms with Crippen molar-refractivity contribution in [3.63, 3.8) is 0 Å². The molecule has 0 aliphatic rings. The van der Waals surface area contributed by atoms with Crippen LogP contribution < -0.4 is 5.32 Å². The summed E-state index contributed by atoms with van der Waals surface area (Å²) in [4.78, 5) is 7.54. The maximum Gasteiger partial charge on any atom is 0.137 e. The molecule has 2 heterocycles. The van der Waals surface area contributed by atoms with Gasteiger partial charge >= 0.3 is 0 Å². The number of benzene rings is 2. The summed E-state index contributed by atoms with van der Waals surface area (Å²) in [5, 5.41) is 4.82. The topological polar surface area (TPSA) is 40.7 Å². The number of aromatic amines is 1. The molecule has 0 saturated heterocycles. The normalized spacial score (nSPS) is 11.8. The van der Waals surface area contributed by atoms with Gasteiger partial charge in [-0.15, -0.1) is 0 Å². The standard InChI is InChI=1S/C23H23N3/c1-23(2,19-6-4-3-5-7-19)26-16-17-8-10-18(11-9-17)20-12-14-24-22-21(20)13-15-25-22/h3-15,26H,16H2,1-2H3,(H,24,25). The first kappa shape index (κ1) is 16.6. The van der Waals surface area contributed by atoms with Crippen LogP contribution in [0.3, 0.4) is 0 Å². The van der Waals surface area contributed by atoms with E-state index in [1.54, 1.807) is 0 Å². The van der Waals surface area contributed by atoms with E-state index in [4.69, 9.17) is 0 Å². The van der Waals surface area contributed by atoms with Crippen LogP contribution >= 0.6 is 0 Å². The highest BCUT2D eigenvalue weighted by Crippen LogP contribution is 2.27. The lowest BCUT2D eigenvalue weighted by Gasteiger charge is -2.27. The van der Waals surface area contributed by atoms with Gasteiger partial charge < -0.3 is 10.3 Å². The molecule has 130 valence electrons. The molecule has 0 aliphatic carbocycles. The lowest BCUT2D eigenvalue weighted by molar-refractivity contribution is 0.401. The summed E-state index contributed by atoms with van der Waals surface area (Å²) < 4.78 is 0. The minimum absolute atomic E-state index is 0.0671. The number of nitrogens with zero attached hydrogens (tertiary/aromatic N) is 1. The lowest BCUT2D eigenvalue weighted by atomic mass is 9.94. The number of hydrogen-bond donors (Lipinski definition) is 2. The number of fused-ring (bicyclic) bond motifs is 1. The van der Waals surface area contributed by atoms with Crippen LogP contribution in [0.25, 0.3) is 22.2 Å². The van der Waals surface area contributed by atoms with Crippen molar-refractivity contribution >= 4 is 11.0 Å². The van der Waals surface area contributed by atoms with Crippen LogP contribution in [-0.4, -0.2) is 9.97 Å². The monoisotopic (exact) mass is 341 g/mol. The maximum atomic E-state index is 4.36. The largest absolute Gasteiger partial charge is 0.346 e. The van der Waals surface area contributed by atoms with Crippen molar-refractivity contribution in [1.82, 2.24) is 15.3 Å². The average Bonchev–Trinajstić information content (AvgIpc) is 3.16. The number of rotatable bonds is 5. The van der Waals surface area contributed by atoms with E-state index in [1.807, 2.05) is 12.4 Å². The van der Waals surface area contributed by atoms with Crippen molar-refractivity contribution in [2.45, 2.75) is 25.9 Å².